The third kappa shape index (κ3) is 5.12. The van der Waals surface area contributed by atoms with E-state index in [-0.39, 0.29) is 18.6 Å². The molecule has 0 spiro atoms. The van der Waals surface area contributed by atoms with E-state index in [1.165, 1.54) is 0 Å². The Hall–Kier alpha value is -1.83. The normalized spacial score (nSPS) is 11.3. The van der Waals surface area contributed by atoms with Gasteiger partial charge in [0.25, 0.3) is 5.91 Å². The van der Waals surface area contributed by atoms with E-state index in [2.05, 4.69) is 17.2 Å². The van der Waals surface area contributed by atoms with E-state index in [9.17, 15) is 4.79 Å². The summed E-state index contributed by atoms with van der Waals surface area (Å²) >= 11 is 0. The maximum Gasteiger partial charge on any atom is 0.252 e. The van der Waals surface area contributed by atoms with Crippen molar-refractivity contribution in [3.8, 4) is 11.8 Å². The van der Waals surface area contributed by atoms with Crippen LogP contribution in [0.4, 0.5) is 0 Å². The van der Waals surface area contributed by atoms with Crippen molar-refractivity contribution in [1.29, 1.82) is 0 Å². The van der Waals surface area contributed by atoms with Crippen molar-refractivity contribution in [1.82, 2.24) is 5.32 Å². The van der Waals surface area contributed by atoms with E-state index in [0.717, 1.165) is 0 Å². The third-order valence-corrected chi connectivity index (χ3v) is 2.58. The topological polar surface area (TPSA) is 58.6 Å². The van der Waals surface area contributed by atoms with Gasteiger partial charge in [0.1, 0.15) is 0 Å². The van der Waals surface area contributed by atoms with Gasteiger partial charge in [-0.05, 0) is 19.1 Å². The van der Waals surface area contributed by atoms with Gasteiger partial charge in [-0.2, -0.15) is 0 Å². The summed E-state index contributed by atoms with van der Waals surface area (Å²) in [6, 6.07) is 7.15. The lowest BCUT2D eigenvalue weighted by Crippen LogP contribution is -2.31. The quantitative estimate of drug-likeness (QED) is 0.783. The summed E-state index contributed by atoms with van der Waals surface area (Å²) in [5.74, 6) is 5.54. The molecule has 0 aliphatic carbocycles. The molecule has 1 atom stereocenters. The maximum atomic E-state index is 12.0. The van der Waals surface area contributed by atoms with Gasteiger partial charge < -0.3 is 15.2 Å². The highest BCUT2D eigenvalue weighted by Gasteiger charge is 2.10. The van der Waals surface area contributed by atoms with Crippen LogP contribution < -0.4 is 5.32 Å². The van der Waals surface area contributed by atoms with E-state index in [4.69, 9.17) is 9.84 Å². The van der Waals surface area contributed by atoms with Crippen molar-refractivity contribution in [2.45, 2.75) is 19.4 Å². The highest BCUT2D eigenvalue weighted by atomic mass is 16.5. The number of ether oxygens (including phenoxy) is 1. The molecule has 0 bridgehead atoms. The number of rotatable bonds is 5. The van der Waals surface area contributed by atoms with Gasteiger partial charge in [-0.3, -0.25) is 4.79 Å². The first-order valence-corrected chi connectivity index (χ1v) is 6.18. The van der Waals surface area contributed by atoms with Crippen molar-refractivity contribution < 1.29 is 14.6 Å². The summed E-state index contributed by atoms with van der Waals surface area (Å²) < 4.78 is 5.08. The van der Waals surface area contributed by atoms with Crippen molar-refractivity contribution in [3.05, 3.63) is 35.4 Å². The first kappa shape index (κ1) is 15.2. The van der Waals surface area contributed by atoms with Crippen LogP contribution in [0, 0.1) is 11.8 Å². The largest absolute Gasteiger partial charge is 0.395 e. The van der Waals surface area contributed by atoms with Gasteiger partial charge in [0.15, 0.2) is 0 Å². The zero-order chi connectivity index (χ0) is 14.1. The number of hydrogen-bond donors (Lipinski definition) is 2. The molecule has 0 heterocycles. The fraction of sp³-hybridized carbons (Fsp3) is 0.400. The summed E-state index contributed by atoms with van der Waals surface area (Å²) in [6.07, 6.45) is 0.369. The van der Waals surface area contributed by atoms with E-state index < -0.39 is 0 Å². The molecule has 1 aromatic carbocycles. The first-order valence-electron chi connectivity index (χ1n) is 6.18. The van der Waals surface area contributed by atoms with Gasteiger partial charge in [-0.1, -0.05) is 24.0 Å². The number of hydrogen-bond acceptors (Lipinski definition) is 3. The fourth-order valence-corrected chi connectivity index (χ4v) is 1.42. The average Bonchev–Trinajstić information content (AvgIpc) is 2.45. The number of amides is 1. The molecule has 0 fully saturated rings. The molecule has 4 nitrogen and oxygen atoms in total. The molecule has 102 valence electrons. The van der Waals surface area contributed by atoms with Crippen LogP contribution in [0.5, 0.6) is 0 Å². The molecule has 1 amide bonds. The molecule has 0 saturated heterocycles. The second-order valence-corrected chi connectivity index (χ2v) is 4.08. The Balaban J connectivity index is 2.77. The molecular formula is C15H19NO3. The van der Waals surface area contributed by atoms with E-state index in [1.807, 2.05) is 13.0 Å². The maximum absolute atomic E-state index is 12.0. The number of aliphatic hydroxyl groups excluding tert-OH is 1. The number of benzene rings is 1. The molecule has 0 saturated carbocycles. The highest BCUT2D eigenvalue weighted by Crippen LogP contribution is 2.07. The first-order chi connectivity index (χ1) is 9.19. The summed E-state index contributed by atoms with van der Waals surface area (Å²) in [5.41, 5.74) is 1.20. The van der Waals surface area contributed by atoms with Gasteiger partial charge in [0, 0.05) is 25.6 Å². The van der Waals surface area contributed by atoms with Gasteiger partial charge >= 0.3 is 0 Å². The Labute approximate surface area is 113 Å². The van der Waals surface area contributed by atoms with Crippen LogP contribution in [0.1, 0.15) is 29.3 Å². The molecular weight excluding hydrogens is 242 g/mol. The smallest absolute Gasteiger partial charge is 0.252 e. The molecule has 0 aliphatic rings. The third-order valence-electron chi connectivity index (χ3n) is 2.58. The molecule has 1 unspecified atom stereocenters. The number of nitrogens with one attached hydrogen (secondary N) is 1. The fourth-order valence-electron chi connectivity index (χ4n) is 1.42. The van der Waals surface area contributed by atoms with E-state index in [0.29, 0.717) is 24.1 Å². The van der Waals surface area contributed by atoms with Crippen LogP contribution in [0.3, 0.4) is 0 Å². The van der Waals surface area contributed by atoms with Crippen LogP contribution in [-0.4, -0.2) is 37.4 Å². The van der Waals surface area contributed by atoms with Gasteiger partial charge in [-0.25, -0.2) is 0 Å². The van der Waals surface area contributed by atoms with Crippen LogP contribution in [-0.2, 0) is 4.74 Å². The minimum Gasteiger partial charge on any atom is -0.395 e. The summed E-state index contributed by atoms with van der Waals surface area (Å²) in [6.45, 7) is 2.35. The van der Waals surface area contributed by atoms with Gasteiger partial charge in [-0.15, -0.1) is 0 Å². The zero-order valence-electron chi connectivity index (χ0n) is 11.3. The van der Waals surface area contributed by atoms with Crippen LogP contribution in [0.2, 0.25) is 0 Å². The van der Waals surface area contributed by atoms with Crippen molar-refractivity contribution in [2.24, 2.45) is 0 Å². The Morgan fingerprint density at radius 1 is 1.47 bits per heavy atom. The Bertz CT molecular complexity index is 474. The SMILES string of the molecule is COC(C)CNC(=O)c1ccccc1C#CCCO. The molecule has 19 heavy (non-hydrogen) atoms. The monoisotopic (exact) mass is 261 g/mol. The number of methoxy groups -OCH3 is 1. The molecule has 2 N–H and O–H groups in total. The van der Waals surface area contributed by atoms with Crippen LogP contribution >= 0.6 is 0 Å². The van der Waals surface area contributed by atoms with Crippen LogP contribution in [0.15, 0.2) is 24.3 Å². The predicted molar refractivity (Wildman–Crippen MR) is 73.8 cm³/mol. The number of carbonyl (C=O) groups is 1. The lowest BCUT2D eigenvalue weighted by atomic mass is 10.1. The minimum atomic E-state index is -0.169. The van der Waals surface area contributed by atoms with Crippen molar-refractivity contribution in [2.75, 3.05) is 20.3 Å². The lowest BCUT2D eigenvalue weighted by Gasteiger charge is -2.11. The van der Waals surface area contributed by atoms with Gasteiger partial charge in [0.2, 0.25) is 0 Å². The van der Waals surface area contributed by atoms with E-state index >= 15 is 0 Å². The summed E-state index contributed by atoms with van der Waals surface area (Å²) in [4.78, 5) is 12.0. The number of aliphatic hydroxyl groups is 1. The second kappa shape index (κ2) is 8.30. The number of carbonyl (C=O) groups excluding carboxylic acids is 1. The molecule has 0 aromatic heterocycles. The Morgan fingerprint density at radius 2 is 2.21 bits per heavy atom. The van der Waals surface area contributed by atoms with Crippen molar-refractivity contribution >= 4 is 5.91 Å². The van der Waals surface area contributed by atoms with E-state index in [1.54, 1.807) is 25.3 Å². The average molecular weight is 261 g/mol. The van der Waals surface area contributed by atoms with Crippen LogP contribution in [0.25, 0.3) is 0 Å². The molecule has 1 rings (SSSR count). The lowest BCUT2D eigenvalue weighted by molar-refractivity contribution is 0.0870. The molecule has 0 radical (unpaired) electrons. The predicted octanol–water partition coefficient (Wildman–Crippen LogP) is 1.19. The summed E-state index contributed by atoms with van der Waals surface area (Å²) in [5, 5.41) is 11.5. The summed E-state index contributed by atoms with van der Waals surface area (Å²) in [7, 11) is 1.60. The molecule has 1 aromatic rings. The Kier molecular flexibility index (Phi) is 6.65. The molecule has 4 heteroatoms. The van der Waals surface area contributed by atoms with Crippen molar-refractivity contribution in [3.63, 3.8) is 0 Å². The molecule has 0 aliphatic heterocycles. The zero-order valence-corrected chi connectivity index (χ0v) is 11.3. The minimum absolute atomic E-state index is 0.0206. The second-order valence-electron chi connectivity index (χ2n) is 4.08. The highest BCUT2D eigenvalue weighted by molar-refractivity contribution is 5.96. The van der Waals surface area contributed by atoms with Gasteiger partial charge in [0.05, 0.1) is 18.3 Å². The Morgan fingerprint density at radius 3 is 2.89 bits per heavy atom. The standard InChI is InChI=1S/C15H19NO3/c1-12(19-2)11-16-15(18)14-9-4-3-7-13(14)8-5-6-10-17/h3-4,7,9,12,17H,6,10-11H2,1-2H3,(H,16,18).